The second-order valence-corrected chi connectivity index (χ2v) is 7.67. The van der Waals surface area contributed by atoms with Gasteiger partial charge in [0.2, 0.25) is 0 Å². The van der Waals surface area contributed by atoms with Crippen LogP contribution in [-0.2, 0) is 13.1 Å². The number of benzene rings is 1. The summed E-state index contributed by atoms with van der Waals surface area (Å²) in [5.74, 6) is 0. The zero-order valence-corrected chi connectivity index (χ0v) is 14.8. The molecule has 0 saturated heterocycles. The number of hydrogen-bond acceptors (Lipinski definition) is 3. The number of thiophene rings is 1. The SMILES string of the molecule is CC(NCc1ccccc1CN(C)C)c1cc(Cl)sc1Cl. The van der Waals surface area contributed by atoms with E-state index in [4.69, 9.17) is 23.2 Å². The standard InChI is InChI=1S/C16H20Cl2N2S/c1-11(14-8-15(17)21-16(14)18)19-9-12-6-4-5-7-13(12)10-20(2)3/h4-8,11,19H,9-10H2,1-3H3. The zero-order valence-electron chi connectivity index (χ0n) is 12.5. The largest absolute Gasteiger partial charge is 0.306 e. The van der Waals surface area contributed by atoms with E-state index in [0.29, 0.717) is 0 Å². The van der Waals surface area contributed by atoms with Crippen LogP contribution in [0.5, 0.6) is 0 Å². The zero-order chi connectivity index (χ0) is 15.4. The van der Waals surface area contributed by atoms with Crippen molar-refractivity contribution in [3.63, 3.8) is 0 Å². The molecule has 1 aromatic carbocycles. The molecular formula is C16H20Cl2N2S. The van der Waals surface area contributed by atoms with E-state index in [-0.39, 0.29) is 6.04 Å². The van der Waals surface area contributed by atoms with Gasteiger partial charge in [-0.15, -0.1) is 11.3 Å². The quantitative estimate of drug-likeness (QED) is 0.797. The lowest BCUT2D eigenvalue weighted by Crippen LogP contribution is -2.20. The van der Waals surface area contributed by atoms with Crippen molar-refractivity contribution in [3.8, 4) is 0 Å². The van der Waals surface area contributed by atoms with Crippen LogP contribution in [0, 0.1) is 0 Å². The Labute approximate surface area is 140 Å². The van der Waals surface area contributed by atoms with Gasteiger partial charge in [-0.25, -0.2) is 0 Å². The Kier molecular flexibility index (Phi) is 6.08. The summed E-state index contributed by atoms with van der Waals surface area (Å²) in [5, 5.41) is 3.53. The third kappa shape index (κ3) is 4.70. The highest BCUT2D eigenvalue weighted by atomic mass is 35.5. The molecule has 1 heterocycles. The molecule has 2 rings (SSSR count). The van der Waals surface area contributed by atoms with E-state index in [1.807, 2.05) is 6.07 Å². The summed E-state index contributed by atoms with van der Waals surface area (Å²) in [7, 11) is 4.17. The summed E-state index contributed by atoms with van der Waals surface area (Å²) < 4.78 is 1.50. The van der Waals surface area contributed by atoms with Gasteiger partial charge in [-0.2, -0.15) is 0 Å². The van der Waals surface area contributed by atoms with Crippen LogP contribution < -0.4 is 5.32 Å². The maximum atomic E-state index is 6.21. The molecule has 0 radical (unpaired) electrons. The van der Waals surface area contributed by atoms with Gasteiger partial charge in [-0.05, 0) is 43.8 Å². The monoisotopic (exact) mass is 342 g/mol. The molecule has 0 amide bonds. The van der Waals surface area contributed by atoms with Crippen molar-refractivity contribution in [2.24, 2.45) is 0 Å². The molecule has 114 valence electrons. The van der Waals surface area contributed by atoms with Crippen LogP contribution in [0.25, 0.3) is 0 Å². The topological polar surface area (TPSA) is 15.3 Å². The molecule has 0 spiro atoms. The van der Waals surface area contributed by atoms with Crippen LogP contribution in [-0.4, -0.2) is 19.0 Å². The molecule has 1 unspecified atom stereocenters. The summed E-state index contributed by atoms with van der Waals surface area (Å²) in [5.41, 5.74) is 3.73. The fourth-order valence-corrected chi connectivity index (χ4v) is 3.89. The maximum Gasteiger partial charge on any atom is 0.0991 e. The van der Waals surface area contributed by atoms with Gasteiger partial charge in [0.25, 0.3) is 0 Å². The first-order valence-electron chi connectivity index (χ1n) is 6.87. The van der Waals surface area contributed by atoms with Crippen LogP contribution in [0.4, 0.5) is 0 Å². The fourth-order valence-electron chi connectivity index (χ4n) is 2.25. The Morgan fingerprint density at radius 3 is 2.43 bits per heavy atom. The molecule has 1 N–H and O–H groups in total. The maximum absolute atomic E-state index is 6.21. The summed E-state index contributed by atoms with van der Waals surface area (Å²) in [4.78, 5) is 2.18. The second kappa shape index (κ2) is 7.61. The average Bonchev–Trinajstić information content (AvgIpc) is 2.76. The Bertz CT molecular complexity index is 596. The first kappa shape index (κ1) is 16.8. The van der Waals surface area contributed by atoms with E-state index in [2.05, 4.69) is 55.5 Å². The summed E-state index contributed by atoms with van der Waals surface area (Å²) in [6.07, 6.45) is 0. The molecule has 0 aliphatic rings. The molecule has 5 heteroatoms. The van der Waals surface area contributed by atoms with Crippen molar-refractivity contribution < 1.29 is 0 Å². The number of rotatable bonds is 6. The number of nitrogens with one attached hydrogen (secondary N) is 1. The Hall–Kier alpha value is -0.580. The molecule has 0 fully saturated rings. The average molecular weight is 343 g/mol. The highest BCUT2D eigenvalue weighted by Crippen LogP contribution is 2.34. The predicted molar refractivity (Wildman–Crippen MR) is 93.4 cm³/mol. The van der Waals surface area contributed by atoms with Crippen LogP contribution >= 0.6 is 34.5 Å². The summed E-state index contributed by atoms with van der Waals surface area (Å²) >= 11 is 13.6. The number of halogens is 2. The van der Waals surface area contributed by atoms with Gasteiger partial charge in [0, 0.05) is 19.1 Å². The van der Waals surface area contributed by atoms with Crippen molar-refractivity contribution in [2.45, 2.75) is 26.1 Å². The van der Waals surface area contributed by atoms with Gasteiger partial charge in [0.1, 0.15) is 0 Å². The normalized spacial score (nSPS) is 12.9. The molecule has 21 heavy (non-hydrogen) atoms. The van der Waals surface area contributed by atoms with Crippen LogP contribution in [0.2, 0.25) is 8.67 Å². The van der Waals surface area contributed by atoms with Crippen LogP contribution in [0.1, 0.15) is 29.7 Å². The van der Waals surface area contributed by atoms with Crippen molar-refractivity contribution in [3.05, 3.63) is 55.7 Å². The van der Waals surface area contributed by atoms with Crippen molar-refractivity contribution in [1.29, 1.82) is 0 Å². The summed E-state index contributed by atoms with van der Waals surface area (Å²) in [6.45, 7) is 3.87. The van der Waals surface area contributed by atoms with E-state index in [1.165, 1.54) is 22.5 Å². The van der Waals surface area contributed by atoms with Gasteiger partial charge in [-0.1, -0.05) is 47.5 Å². The van der Waals surface area contributed by atoms with E-state index >= 15 is 0 Å². The minimum atomic E-state index is 0.175. The number of hydrogen-bond donors (Lipinski definition) is 1. The van der Waals surface area contributed by atoms with Crippen molar-refractivity contribution in [1.82, 2.24) is 10.2 Å². The molecule has 1 aromatic heterocycles. The molecule has 0 saturated carbocycles. The Balaban J connectivity index is 2.04. The third-order valence-corrected chi connectivity index (χ3v) is 4.87. The highest BCUT2D eigenvalue weighted by molar-refractivity contribution is 7.20. The first-order chi connectivity index (χ1) is 9.97. The molecule has 0 aliphatic heterocycles. The Morgan fingerprint density at radius 1 is 1.19 bits per heavy atom. The highest BCUT2D eigenvalue weighted by Gasteiger charge is 2.13. The summed E-state index contributed by atoms with van der Waals surface area (Å²) in [6, 6.07) is 10.6. The van der Waals surface area contributed by atoms with Gasteiger partial charge in [-0.3, -0.25) is 0 Å². The smallest absolute Gasteiger partial charge is 0.0991 e. The Morgan fingerprint density at radius 2 is 1.86 bits per heavy atom. The predicted octanol–water partition coefficient (Wildman–Crippen LogP) is 4.97. The van der Waals surface area contributed by atoms with E-state index < -0.39 is 0 Å². The van der Waals surface area contributed by atoms with E-state index in [0.717, 1.165) is 27.3 Å². The lowest BCUT2D eigenvalue weighted by molar-refractivity contribution is 0.400. The molecule has 2 nitrogen and oxygen atoms in total. The first-order valence-corrected chi connectivity index (χ1v) is 8.44. The minimum Gasteiger partial charge on any atom is -0.306 e. The molecule has 0 aliphatic carbocycles. The lowest BCUT2D eigenvalue weighted by Gasteiger charge is -2.17. The molecule has 0 bridgehead atoms. The fraction of sp³-hybridized carbons (Fsp3) is 0.375. The van der Waals surface area contributed by atoms with E-state index in [1.54, 1.807) is 0 Å². The molecule has 1 atom stereocenters. The van der Waals surface area contributed by atoms with Gasteiger partial charge < -0.3 is 10.2 Å². The van der Waals surface area contributed by atoms with Crippen LogP contribution in [0.15, 0.2) is 30.3 Å². The van der Waals surface area contributed by atoms with E-state index in [9.17, 15) is 0 Å². The van der Waals surface area contributed by atoms with Gasteiger partial charge in [0.05, 0.1) is 8.67 Å². The second-order valence-electron chi connectivity index (χ2n) is 5.39. The van der Waals surface area contributed by atoms with Gasteiger partial charge in [0.15, 0.2) is 0 Å². The van der Waals surface area contributed by atoms with Crippen LogP contribution in [0.3, 0.4) is 0 Å². The van der Waals surface area contributed by atoms with Crippen molar-refractivity contribution >= 4 is 34.5 Å². The minimum absolute atomic E-state index is 0.175. The van der Waals surface area contributed by atoms with Crippen molar-refractivity contribution in [2.75, 3.05) is 14.1 Å². The molecule has 2 aromatic rings. The number of nitrogens with zero attached hydrogens (tertiary/aromatic N) is 1. The molecular weight excluding hydrogens is 323 g/mol. The van der Waals surface area contributed by atoms with Gasteiger partial charge >= 0.3 is 0 Å². The third-order valence-electron chi connectivity index (χ3n) is 3.35. The lowest BCUT2D eigenvalue weighted by atomic mass is 10.1.